The van der Waals surface area contributed by atoms with E-state index in [0.717, 1.165) is 31.9 Å². The van der Waals surface area contributed by atoms with E-state index in [2.05, 4.69) is 57.4 Å². The Hall–Kier alpha value is -1.39. The molecule has 0 aliphatic carbocycles. The Morgan fingerprint density at radius 2 is 1.95 bits per heavy atom. The zero-order chi connectivity index (χ0) is 13.8. The maximum Gasteiger partial charge on any atom is 0.185 e. The van der Waals surface area contributed by atoms with Crippen LogP contribution in [0.3, 0.4) is 0 Å². The van der Waals surface area contributed by atoms with Crippen LogP contribution < -0.4 is 4.90 Å². The van der Waals surface area contributed by atoms with Crippen molar-refractivity contribution in [1.82, 2.24) is 9.88 Å². The molecule has 2 aromatic rings. The van der Waals surface area contributed by atoms with Gasteiger partial charge in [0.05, 0.1) is 5.69 Å². The van der Waals surface area contributed by atoms with Crippen LogP contribution in [0.2, 0.25) is 0 Å². The molecule has 1 aliphatic rings. The van der Waals surface area contributed by atoms with Crippen molar-refractivity contribution < 1.29 is 0 Å². The smallest absolute Gasteiger partial charge is 0.185 e. The Morgan fingerprint density at radius 1 is 1.10 bits per heavy atom. The predicted molar refractivity (Wildman–Crippen MR) is 85.4 cm³/mol. The number of thiazole rings is 1. The van der Waals surface area contributed by atoms with Gasteiger partial charge in [-0.3, -0.25) is 4.90 Å². The fourth-order valence-electron chi connectivity index (χ4n) is 2.65. The van der Waals surface area contributed by atoms with Crippen LogP contribution >= 0.6 is 11.3 Å². The second-order valence-electron chi connectivity index (χ2n) is 5.37. The third kappa shape index (κ3) is 3.38. The van der Waals surface area contributed by atoms with Gasteiger partial charge in [0.15, 0.2) is 5.13 Å². The summed E-state index contributed by atoms with van der Waals surface area (Å²) in [5, 5.41) is 3.33. The Morgan fingerprint density at radius 3 is 2.70 bits per heavy atom. The number of benzene rings is 1. The highest BCUT2D eigenvalue weighted by atomic mass is 32.1. The van der Waals surface area contributed by atoms with Gasteiger partial charge in [0.2, 0.25) is 0 Å². The van der Waals surface area contributed by atoms with E-state index in [1.165, 1.54) is 23.7 Å². The van der Waals surface area contributed by atoms with Crippen molar-refractivity contribution in [2.45, 2.75) is 19.9 Å². The molecule has 0 bridgehead atoms. The van der Waals surface area contributed by atoms with Crippen molar-refractivity contribution in [3.8, 4) is 0 Å². The SMILES string of the molecule is Cc1csc(N2CCCN(Cc3ccccc3)CC2)n1. The number of aryl methyl sites for hydroxylation is 1. The highest BCUT2D eigenvalue weighted by molar-refractivity contribution is 7.13. The second kappa shape index (κ2) is 6.37. The maximum absolute atomic E-state index is 4.61. The van der Waals surface area contributed by atoms with Crippen LogP contribution in [0.25, 0.3) is 0 Å². The molecule has 0 saturated carbocycles. The zero-order valence-electron chi connectivity index (χ0n) is 12.0. The Labute approximate surface area is 124 Å². The third-order valence-electron chi connectivity index (χ3n) is 3.71. The van der Waals surface area contributed by atoms with Crippen LogP contribution in [-0.4, -0.2) is 36.1 Å². The topological polar surface area (TPSA) is 19.4 Å². The Balaban J connectivity index is 1.59. The molecule has 1 aromatic heterocycles. The summed E-state index contributed by atoms with van der Waals surface area (Å²) in [5.74, 6) is 0. The molecule has 3 rings (SSSR count). The molecule has 1 aliphatic heterocycles. The normalized spacial score (nSPS) is 17.1. The predicted octanol–water partition coefficient (Wildman–Crippen LogP) is 3.16. The van der Waals surface area contributed by atoms with Gasteiger partial charge in [0.25, 0.3) is 0 Å². The van der Waals surface area contributed by atoms with Crippen molar-refractivity contribution in [2.24, 2.45) is 0 Å². The zero-order valence-corrected chi connectivity index (χ0v) is 12.8. The molecule has 1 saturated heterocycles. The second-order valence-corrected chi connectivity index (χ2v) is 6.21. The first-order chi connectivity index (χ1) is 9.81. The van der Waals surface area contributed by atoms with Crippen molar-refractivity contribution in [3.05, 3.63) is 47.0 Å². The molecule has 0 amide bonds. The number of rotatable bonds is 3. The minimum Gasteiger partial charge on any atom is -0.347 e. The molecule has 0 radical (unpaired) electrons. The lowest BCUT2D eigenvalue weighted by molar-refractivity contribution is 0.285. The summed E-state index contributed by atoms with van der Waals surface area (Å²) in [6, 6.07) is 10.8. The van der Waals surface area contributed by atoms with E-state index in [9.17, 15) is 0 Å². The molecule has 1 aromatic carbocycles. The lowest BCUT2D eigenvalue weighted by Crippen LogP contribution is -2.30. The van der Waals surface area contributed by atoms with Crippen molar-refractivity contribution in [3.63, 3.8) is 0 Å². The molecule has 0 spiro atoms. The van der Waals surface area contributed by atoms with Crippen LogP contribution in [0.15, 0.2) is 35.7 Å². The number of hydrogen-bond acceptors (Lipinski definition) is 4. The maximum atomic E-state index is 4.61. The summed E-state index contributed by atoms with van der Waals surface area (Å²) < 4.78 is 0. The minimum absolute atomic E-state index is 1.06. The van der Waals surface area contributed by atoms with Crippen LogP contribution in [0, 0.1) is 6.92 Å². The van der Waals surface area contributed by atoms with E-state index in [1.54, 1.807) is 11.3 Å². The van der Waals surface area contributed by atoms with Gasteiger partial charge in [0, 0.05) is 38.1 Å². The summed E-state index contributed by atoms with van der Waals surface area (Å²) in [6.45, 7) is 7.63. The van der Waals surface area contributed by atoms with Crippen LogP contribution in [-0.2, 0) is 6.54 Å². The molecular weight excluding hydrogens is 266 g/mol. The number of hydrogen-bond donors (Lipinski definition) is 0. The summed E-state index contributed by atoms with van der Waals surface area (Å²) in [7, 11) is 0. The van der Waals surface area contributed by atoms with E-state index in [4.69, 9.17) is 0 Å². The molecule has 1 fully saturated rings. The molecule has 2 heterocycles. The molecule has 20 heavy (non-hydrogen) atoms. The quantitative estimate of drug-likeness (QED) is 0.864. The standard InChI is InChI=1S/C16H21N3S/c1-14-13-20-16(17-14)19-9-5-8-18(10-11-19)12-15-6-3-2-4-7-15/h2-4,6-7,13H,5,8-12H2,1H3. The number of anilines is 1. The first-order valence-electron chi connectivity index (χ1n) is 7.24. The van der Waals surface area contributed by atoms with Gasteiger partial charge < -0.3 is 4.90 Å². The van der Waals surface area contributed by atoms with Crippen molar-refractivity contribution in [1.29, 1.82) is 0 Å². The van der Waals surface area contributed by atoms with Gasteiger partial charge in [-0.05, 0) is 18.9 Å². The molecule has 0 N–H and O–H groups in total. The van der Waals surface area contributed by atoms with Crippen LogP contribution in [0.1, 0.15) is 17.7 Å². The van der Waals surface area contributed by atoms with Gasteiger partial charge in [-0.15, -0.1) is 11.3 Å². The van der Waals surface area contributed by atoms with Crippen molar-refractivity contribution in [2.75, 3.05) is 31.1 Å². The number of nitrogens with zero attached hydrogens (tertiary/aromatic N) is 3. The summed E-state index contributed by atoms with van der Waals surface area (Å²) in [6.07, 6.45) is 1.21. The van der Waals surface area contributed by atoms with Gasteiger partial charge in [0.1, 0.15) is 0 Å². The molecule has 0 unspecified atom stereocenters. The van der Waals surface area contributed by atoms with E-state index in [1.807, 2.05) is 0 Å². The highest BCUT2D eigenvalue weighted by Crippen LogP contribution is 2.21. The van der Waals surface area contributed by atoms with Gasteiger partial charge in [-0.2, -0.15) is 0 Å². The van der Waals surface area contributed by atoms with E-state index < -0.39 is 0 Å². The summed E-state index contributed by atoms with van der Waals surface area (Å²) >= 11 is 1.77. The van der Waals surface area contributed by atoms with Gasteiger partial charge in [-0.1, -0.05) is 30.3 Å². The number of aromatic nitrogens is 1. The molecule has 4 heteroatoms. The largest absolute Gasteiger partial charge is 0.347 e. The first kappa shape index (κ1) is 13.6. The Kier molecular flexibility index (Phi) is 4.33. The Bertz CT molecular complexity index is 538. The monoisotopic (exact) mass is 287 g/mol. The van der Waals surface area contributed by atoms with E-state index >= 15 is 0 Å². The van der Waals surface area contributed by atoms with E-state index in [0.29, 0.717) is 0 Å². The first-order valence-corrected chi connectivity index (χ1v) is 8.12. The molecule has 3 nitrogen and oxygen atoms in total. The molecular formula is C16H21N3S. The van der Waals surface area contributed by atoms with Gasteiger partial charge in [-0.25, -0.2) is 4.98 Å². The molecule has 106 valence electrons. The fourth-order valence-corrected chi connectivity index (χ4v) is 3.51. The van der Waals surface area contributed by atoms with Gasteiger partial charge >= 0.3 is 0 Å². The average Bonchev–Trinajstić information content (AvgIpc) is 2.76. The third-order valence-corrected chi connectivity index (χ3v) is 4.73. The van der Waals surface area contributed by atoms with Crippen molar-refractivity contribution >= 4 is 16.5 Å². The fraction of sp³-hybridized carbons (Fsp3) is 0.438. The summed E-state index contributed by atoms with van der Waals surface area (Å²) in [4.78, 5) is 9.60. The lowest BCUT2D eigenvalue weighted by Gasteiger charge is -2.21. The van der Waals surface area contributed by atoms with Crippen LogP contribution in [0.5, 0.6) is 0 Å². The summed E-state index contributed by atoms with van der Waals surface area (Å²) in [5.41, 5.74) is 2.54. The van der Waals surface area contributed by atoms with Crippen LogP contribution in [0.4, 0.5) is 5.13 Å². The lowest BCUT2D eigenvalue weighted by atomic mass is 10.2. The average molecular weight is 287 g/mol. The van der Waals surface area contributed by atoms with E-state index in [-0.39, 0.29) is 0 Å². The highest BCUT2D eigenvalue weighted by Gasteiger charge is 2.17. The molecule has 0 atom stereocenters. The minimum atomic E-state index is 1.06.